The Kier molecular flexibility index (Phi) is 2.96. The summed E-state index contributed by atoms with van der Waals surface area (Å²) in [6.07, 6.45) is 1.17. The van der Waals surface area contributed by atoms with Crippen LogP contribution >= 0.6 is 0 Å². The van der Waals surface area contributed by atoms with Gasteiger partial charge in [0.05, 0.1) is 22.9 Å². The first-order valence-corrected chi connectivity index (χ1v) is 4.69. The molecule has 0 saturated heterocycles. The number of nitro groups is 1. The van der Waals surface area contributed by atoms with Crippen molar-refractivity contribution in [1.82, 2.24) is 15.4 Å². The summed E-state index contributed by atoms with van der Waals surface area (Å²) in [7, 11) is 0. The molecule has 1 aromatic carbocycles. The summed E-state index contributed by atoms with van der Waals surface area (Å²) in [6, 6.07) is 2.91. The van der Waals surface area contributed by atoms with Crippen molar-refractivity contribution < 1.29 is 14.1 Å². The second-order valence-corrected chi connectivity index (χ2v) is 3.23. The molecule has 8 nitrogen and oxygen atoms in total. The molecule has 2 aromatic rings. The molecule has 0 aliphatic carbocycles. The molecule has 1 aromatic heterocycles. The molecule has 9 heteroatoms. The number of H-pyrrole nitrogens is 1. The number of rotatable bonds is 3. The van der Waals surface area contributed by atoms with Gasteiger partial charge in [0.15, 0.2) is 11.5 Å². The van der Waals surface area contributed by atoms with E-state index in [1.165, 1.54) is 6.20 Å². The van der Waals surface area contributed by atoms with E-state index in [9.17, 15) is 19.3 Å². The van der Waals surface area contributed by atoms with E-state index in [-0.39, 0.29) is 11.4 Å². The first kappa shape index (κ1) is 11.6. The molecule has 92 valence electrons. The standard InChI is InChI=1S/C9H6FN5O3/c10-6-3-5(15(17)18)1-2-7(6)12-9(16)8-4-11-14-13-8/h1-4H,(H,12,16)(H,11,13,14). The Morgan fingerprint density at radius 2 is 2.28 bits per heavy atom. The van der Waals surface area contributed by atoms with Crippen molar-refractivity contribution in [2.45, 2.75) is 0 Å². The number of benzene rings is 1. The van der Waals surface area contributed by atoms with Crippen molar-refractivity contribution in [3.63, 3.8) is 0 Å². The third-order valence-corrected chi connectivity index (χ3v) is 2.06. The van der Waals surface area contributed by atoms with Crippen LogP contribution in [0.25, 0.3) is 0 Å². The van der Waals surface area contributed by atoms with Gasteiger partial charge in [-0.1, -0.05) is 0 Å². The summed E-state index contributed by atoms with van der Waals surface area (Å²) >= 11 is 0. The van der Waals surface area contributed by atoms with Crippen molar-refractivity contribution in [1.29, 1.82) is 0 Å². The minimum absolute atomic E-state index is 0.0206. The maximum Gasteiger partial charge on any atom is 0.277 e. The molecule has 0 bridgehead atoms. The Bertz CT molecular complexity index is 598. The third-order valence-electron chi connectivity index (χ3n) is 2.06. The van der Waals surface area contributed by atoms with Crippen LogP contribution in [0.4, 0.5) is 15.8 Å². The molecule has 0 radical (unpaired) electrons. The Balaban J connectivity index is 2.20. The SMILES string of the molecule is O=C(Nc1ccc([N+](=O)[O-])cc1F)c1cn[nH]n1. The Hall–Kier alpha value is -2.84. The number of hydrogen-bond acceptors (Lipinski definition) is 5. The van der Waals surface area contributed by atoms with E-state index in [4.69, 9.17) is 0 Å². The summed E-state index contributed by atoms with van der Waals surface area (Å²) < 4.78 is 13.4. The zero-order valence-electron chi connectivity index (χ0n) is 8.75. The largest absolute Gasteiger partial charge is 0.318 e. The quantitative estimate of drug-likeness (QED) is 0.626. The number of nitrogens with one attached hydrogen (secondary N) is 2. The number of nitrogens with zero attached hydrogens (tertiary/aromatic N) is 3. The number of aromatic amines is 1. The Morgan fingerprint density at radius 1 is 1.50 bits per heavy atom. The molecule has 0 atom stereocenters. The molecule has 2 N–H and O–H groups in total. The van der Waals surface area contributed by atoms with Crippen molar-refractivity contribution in [2.24, 2.45) is 0 Å². The lowest BCUT2D eigenvalue weighted by Crippen LogP contribution is -2.13. The predicted octanol–water partition coefficient (Wildman–Crippen LogP) is 1.10. The molecule has 0 fully saturated rings. The molecule has 0 spiro atoms. The number of halogens is 1. The normalized spacial score (nSPS) is 10.1. The average Bonchev–Trinajstić information content (AvgIpc) is 2.85. The number of aromatic nitrogens is 3. The van der Waals surface area contributed by atoms with Crippen LogP contribution in [-0.2, 0) is 0 Å². The van der Waals surface area contributed by atoms with Crippen LogP contribution in [0.3, 0.4) is 0 Å². The van der Waals surface area contributed by atoms with Gasteiger partial charge in [-0.2, -0.15) is 15.4 Å². The fourth-order valence-electron chi connectivity index (χ4n) is 1.22. The van der Waals surface area contributed by atoms with E-state index in [2.05, 4.69) is 20.7 Å². The lowest BCUT2D eigenvalue weighted by Gasteiger charge is -2.03. The fraction of sp³-hybridized carbons (Fsp3) is 0. The van der Waals surface area contributed by atoms with E-state index in [1.54, 1.807) is 0 Å². The Morgan fingerprint density at radius 3 is 2.83 bits per heavy atom. The van der Waals surface area contributed by atoms with Crippen LogP contribution in [0.15, 0.2) is 24.4 Å². The highest BCUT2D eigenvalue weighted by molar-refractivity contribution is 6.02. The van der Waals surface area contributed by atoms with Crippen LogP contribution in [0.1, 0.15) is 10.5 Å². The minimum atomic E-state index is -0.902. The van der Waals surface area contributed by atoms with Crippen molar-refractivity contribution in [3.8, 4) is 0 Å². The molecule has 2 rings (SSSR count). The predicted molar refractivity (Wildman–Crippen MR) is 57.4 cm³/mol. The van der Waals surface area contributed by atoms with Gasteiger partial charge in [0, 0.05) is 6.07 Å². The van der Waals surface area contributed by atoms with Crippen molar-refractivity contribution >= 4 is 17.3 Å². The van der Waals surface area contributed by atoms with Gasteiger partial charge >= 0.3 is 0 Å². The van der Waals surface area contributed by atoms with E-state index in [0.717, 1.165) is 18.2 Å². The van der Waals surface area contributed by atoms with E-state index >= 15 is 0 Å². The van der Waals surface area contributed by atoms with Gasteiger partial charge in [0.2, 0.25) is 0 Å². The number of nitro benzene ring substituents is 1. The molecule has 0 aliphatic rings. The summed E-state index contributed by atoms with van der Waals surface area (Å²) in [6.45, 7) is 0. The third kappa shape index (κ3) is 2.29. The topological polar surface area (TPSA) is 114 Å². The highest BCUT2D eigenvalue weighted by Crippen LogP contribution is 2.20. The van der Waals surface area contributed by atoms with Crippen molar-refractivity contribution in [2.75, 3.05) is 5.32 Å². The first-order valence-electron chi connectivity index (χ1n) is 4.69. The van der Waals surface area contributed by atoms with Crippen LogP contribution in [0.5, 0.6) is 0 Å². The van der Waals surface area contributed by atoms with E-state index in [1.807, 2.05) is 0 Å². The zero-order chi connectivity index (χ0) is 13.1. The van der Waals surface area contributed by atoms with Crippen molar-refractivity contribution in [3.05, 3.63) is 46.0 Å². The lowest BCUT2D eigenvalue weighted by atomic mass is 10.2. The highest BCUT2D eigenvalue weighted by Gasteiger charge is 2.14. The van der Waals surface area contributed by atoms with Crippen LogP contribution < -0.4 is 5.32 Å². The second-order valence-electron chi connectivity index (χ2n) is 3.23. The first-order chi connectivity index (χ1) is 8.58. The van der Waals surface area contributed by atoms with Gasteiger partial charge in [0.25, 0.3) is 11.6 Å². The zero-order valence-corrected chi connectivity index (χ0v) is 8.75. The molecule has 1 heterocycles. The van der Waals surface area contributed by atoms with Gasteiger partial charge in [0.1, 0.15) is 0 Å². The molecular weight excluding hydrogens is 245 g/mol. The Labute approximate surface area is 99.0 Å². The lowest BCUT2D eigenvalue weighted by molar-refractivity contribution is -0.385. The number of carbonyl (C=O) groups excluding carboxylic acids is 1. The molecule has 0 aliphatic heterocycles. The molecule has 0 unspecified atom stereocenters. The van der Waals surface area contributed by atoms with Gasteiger partial charge < -0.3 is 5.32 Å². The number of non-ortho nitro benzene ring substituents is 1. The van der Waals surface area contributed by atoms with E-state index in [0.29, 0.717) is 0 Å². The number of anilines is 1. The second kappa shape index (κ2) is 4.57. The summed E-state index contributed by atoms with van der Waals surface area (Å²) in [5.74, 6) is -1.57. The molecule has 1 amide bonds. The van der Waals surface area contributed by atoms with Gasteiger partial charge in [-0.3, -0.25) is 14.9 Å². The monoisotopic (exact) mass is 251 g/mol. The fourth-order valence-corrected chi connectivity index (χ4v) is 1.22. The molecular formula is C9H6FN5O3. The van der Waals surface area contributed by atoms with Crippen LogP contribution in [0.2, 0.25) is 0 Å². The van der Waals surface area contributed by atoms with E-state index < -0.39 is 22.3 Å². The maximum atomic E-state index is 13.4. The van der Waals surface area contributed by atoms with Crippen LogP contribution in [0, 0.1) is 15.9 Å². The van der Waals surface area contributed by atoms with Crippen LogP contribution in [-0.4, -0.2) is 26.2 Å². The summed E-state index contributed by atoms with van der Waals surface area (Å²) in [5.41, 5.74) is -0.590. The summed E-state index contributed by atoms with van der Waals surface area (Å²) in [5, 5.41) is 21.8. The van der Waals surface area contributed by atoms with Gasteiger partial charge in [-0.25, -0.2) is 4.39 Å². The molecule has 18 heavy (non-hydrogen) atoms. The summed E-state index contributed by atoms with van der Waals surface area (Å²) in [4.78, 5) is 21.2. The highest BCUT2D eigenvalue weighted by atomic mass is 19.1. The van der Waals surface area contributed by atoms with Gasteiger partial charge in [-0.15, -0.1) is 0 Å². The maximum absolute atomic E-state index is 13.4. The smallest absolute Gasteiger partial charge is 0.277 e. The average molecular weight is 251 g/mol. The number of amides is 1. The minimum Gasteiger partial charge on any atom is -0.318 e. The number of carbonyl (C=O) groups is 1. The molecule has 0 saturated carbocycles. The number of hydrogen-bond donors (Lipinski definition) is 2. The van der Waals surface area contributed by atoms with Gasteiger partial charge in [-0.05, 0) is 6.07 Å².